The van der Waals surface area contributed by atoms with Crippen LogP contribution in [0.4, 0.5) is 18.9 Å². The minimum atomic E-state index is -5.08. The van der Waals surface area contributed by atoms with E-state index >= 15 is 0 Å². The van der Waals surface area contributed by atoms with E-state index in [1.807, 2.05) is 62.8 Å². The lowest BCUT2D eigenvalue weighted by Gasteiger charge is -2.32. The van der Waals surface area contributed by atoms with Crippen LogP contribution in [-0.4, -0.2) is 83.9 Å². The van der Waals surface area contributed by atoms with Crippen molar-refractivity contribution in [3.63, 3.8) is 0 Å². The van der Waals surface area contributed by atoms with E-state index < -0.39 is 12.1 Å². The Balaban J connectivity index is 0.000000809. The number of hydrogen-bond donors (Lipinski definition) is 4. The van der Waals surface area contributed by atoms with Gasteiger partial charge in [-0.15, -0.1) is 5.10 Å². The fourth-order valence-electron chi connectivity index (χ4n) is 7.56. The monoisotopic (exact) mass is 879 g/mol. The summed E-state index contributed by atoms with van der Waals surface area (Å²) in [5.41, 5.74) is 8.89. The SMILES string of the molecule is Cc1cc(-c2ccnc3nn(-c4ccc(CN5CCC(c6ccc(NC7CCC(=O)NC7=O)cc6)CC5)cc4)cc23)ccc1CNC(=O)c1noc(C(C)(C)C)n1.O=C(O)C(F)(F)F. The lowest BCUT2D eigenvalue weighted by Crippen LogP contribution is -2.47. The molecule has 2 saturated heterocycles. The zero-order valence-corrected chi connectivity index (χ0v) is 35.7. The first-order valence-corrected chi connectivity index (χ1v) is 20.8. The summed E-state index contributed by atoms with van der Waals surface area (Å²) in [6.45, 7) is 11.2. The molecule has 0 spiro atoms. The van der Waals surface area contributed by atoms with Crippen molar-refractivity contribution < 1.29 is 42.0 Å². The number of halogens is 3. The van der Waals surface area contributed by atoms with Gasteiger partial charge in [-0.05, 0) is 109 Å². The molecule has 18 heteroatoms. The standard InChI is InChI=1S/C44H47N9O4.C2HF3O2/c1-27-23-31(7-8-32(27)24-46-42(56)40-49-43(57-51-40)44(2,3)4)35-17-20-45-39-36(35)26-53(50-39)34-13-5-28(6-14-34)25-52-21-18-30(19-22-52)29-9-11-33(12-10-29)47-37-15-16-38(54)48-41(37)55;3-2(4,5)1(6)7/h5-14,17,20,23,26,30,37,47H,15-16,18-19,21-22,24-25H2,1-4H3,(H,46,56)(H,48,54,55);(H,6,7). The van der Waals surface area contributed by atoms with Crippen LogP contribution in [0, 0.1) is 6.92 Å². The van der Waals surface area contributed by atoms with Crippen LogP contribution in [0.1, 0.15) is 91.1 Å². The average molecular weight is 880 g/mol. The number of aliphatic carboxylic acids is 1. The molecule has 1 atom stereocenters. The number of imide groups is 1. The first-order valence-electron chi connectivity index (χ1n) is 20.8. The van der Waals surface area contributed by atoms with Gasteiger partial charge in [0.15, 0.2) is 5.65 Å². The number of nitrogens with one attached hydrogen (secondary N) is 3. The number of fused-ring (bicyclic) bond motifs is 1. The van der Waals surface area contributed by atoms with Crippen LogP contribution >= 0.6 is 0 Å². The number of alkyl halides is 3. The molecule has 3 aromatic heterocycles. The molecule has 0 bridgehead atoms. The molecule has 0 radical (unpaired) electrons. The molecule has 0 aliphatic carbocycles. The van der Waals surface area contributed by atoms with Crippen LogP contribution in [0.25, 0.3) is 27.8 Å². The molecule has 8 rings (SSSR count). The number of nitrogens with zero attached hydrogens (tertiary/aromatic N) is 6. The Labute approximate surface area is 366 Å². The molecular formula is C46H48F3N9O6. The van der Waals surface area contributed by atoms with Crippen LogP contribution in [0.5, 0.6) is 0 Å². The number of hydrogen-bond acceptors (Lipinski definition) is 11. The van der Waals surface area contributed by atoms with Gasteiger partial charge in [0, 0.05) is 48.4 Å². The Morgan fingerprint density at radius 2 is 1.66 bits per heavy atom. The number of aryl methyl sites for hydroxylation is 1. The summed E-state index contributed by atoms with van der Waals surface area (Å²) in [5.74, 6) is -2.64. The molecule has 6 aromatic rings. The third-order valence-electron chi connectivity index (χ3n) is 11.2. The zero-order chi connectivity index (χ0) is 45.8. The van der Waals surface area contributed by atoms with Gasteiger partial charge in [-0.25, -0.2) is 14.5 Å². The minimum Gasteiger partial charge on any atom is -0.475 e. The number of piperidine rings is 2. The van der Waals surface area contributed by atoms with E-state index in [4.69, 9.17) is 19.5 Å². The highest BCUT2D eigenvalue weighted by atomic mass is 19.4. The molecule has 3 amide bonds. The number of carbonyl (C=O) groups is 4. The molecule has 4 N–H and O–H groups in total. The number of likely N-dealkylation sites (tertiary alicyclic amines) is 1. The normalized spacial score (nSPS) is 16.2. The quantitative estimate of drug-likeness (QED) is 0.101. The maximum absolute atomic E-state index is 12.7. The lowest BCUT2D eigenvalue weighted by atomic mass is 9.89. The predicted molar refractivity (Wildman–Crippen MR) is 230 cm³/mol. The highest BCUT2D eigenvalue weighted by Crippen LogP contribution is 2.32. The molecule has 2 aliphatic heterocycles. The lowest BCUT2D eigenvalue weighted by molar-refractivity contribution is -0.192. The van der Waals surface area contributed by atoms with Crippen LogP contribution in [0.2, 0.25) is 0 Å². The largest absolute Gasteiger partial charge is 0.490 e. The molecule has 2 aliphatic rings. The summed E-state index contributed by atoms with van der Waals surface area (Å²) < 4.78 is 38.9. The fourth-order valence-corrected chi connectivity index (χ4v) is 7.56. The number of carboxylic acid groups (broad SMARTS) is 1. The molecule has 3 aromatic carbocycles. The van der Waals surface area contributed by atoms with Crippen molar-refractivity contribution in [2.45, 2.75) is 90.0 Å². The first kappa shape index (κ1) is 45.1. The van der Waals surface area contributed by atoms with Gasteiger partial charge in [0.25, 0.3) is 11.7 Å². The van der Waals surface area contributed by atoms with Crippen molar-refractivity contribution in [2.24, 2.45) is 0 Å². The van der Waals surface area contributed by atoms with E-state index in [1.54, 1.807) is 6.20 Å². The summed E-state index contributed by atoms with van der Waals surface area (Å²) in [4.78, 5) is 56.5. The number of benzene rings is 3. The van der Waals surface area contributed by atoms with Crippen LogP contribution in [0.15, 0.2) is 89.7 Å². The van der Waals surface area contributed by atoms with Crippen molar-refractivity contribution in [2.75, 3.05) is 18.4 Å². The minimum absolute atomic E-state index is 0.0283. The van der Waals surface area contributed by atoms with Gasteiger partial charge < -0.3 is 20.3 Å². The van der Waals surface area contributed by atoms with Crippen LogP contribution < -0.4 is 16.0 Å². The van der Waals surface area contributed by atoms with Gasteiger partial charge in [-0.3, -0.25) is 24.6 Å². The van der Waals surface area contributed by atoms with E-state index in [-0.39, 0.29) is 35.0 Å². The number of amides is 3. The van der Waals surface area contributed by atoms with E-state index in [0.717, 1.165) is 71.5 Å². The number of carboxylic acids is 1. The van der Waals surface area contributed by atoms with E-state index in [9.17, 15) is 27.6 Å². The van der Waals surface area contributed by atoms with Gasteiger partial charge in [-0.2, -0.15) is 18.2 Å². The van der Waals surface area contributed by atoms with Gasteiger partial charge in [0.1, 0.15) is 6.04 Å². The molecule has 5 heterocycles. The first-order chi connectivity index (χ1) is 30.4. The smallest absolute Gasteiger partial charge is 0.475 e. The topological polar surface area (TPSA) is 197 Å². The van der Waals surface area contributed by atoms with Crippen molar-refractivity contribution in [1.29, 1.82) is 0 Å². The summed E-state index contributed by atoms with van der Waals surface area (Å²) >= 11 is 0. The van der Waals surface area contributed by atoms with Crippen molar-refractivity contribution in [3.8, 4) is 16.8 Å². The number of aromatic nitrogens is 5. The van der Waals surface area contributed by atoms with Gasteiger partial charge in [-0.1, -0.05) is 68.4 Å². The molecule has 0 saturated carbocycles. The summed E-state index contributed by atoms with van der Waals surface area (Å²) in [6.07, 6.45) is 1.79. The Bertz CT molecular complexity index is 2650. The van der Waals surface area contributed by atoms with Crippen molar-refractivity contribution in [3.05, 3.63) is 119 Å². The second-order valence-electron chi connectivity index (χ2n) is 17.0. The van der Waals surface area contributed by atoms with Gasteiger partial charge >= 0.3 is 12.1 Å². The molecule has 15 nitrogen and oxygen atoms in total. The van der Waals surface area contributed by atoms with E-state index in [2.05, 4.69) is 84.5 Å². The molecule has 2 fully saturated rings. The number of pyridine rings is 1. The highest BCUT2D eigenvalue weighted by Gasteiger charge is 2.38. The Morgan fingerprint density at radius 1 is 0.953 bits per heavy atom. The van der Waals surface area contributed by atoms with Crippen molar-refractivity contribution in [1.82, 2.24) is 40.4 Å². The molecule has 64 heavy (non-hydrogen) atoms. The van der Waals surface area contributed by atoms with Gasteiger partial charge in [0.05, 0.1) is 5.69 Å². The third kappa shape index (κ3) is 11.0. The Hall–Kier alpha value is -6.95. The maximum Gasteiger partial charge on any atom is 0.490 e. The maximum atomic E-state index is 12.7. The molecule has 334 valence electrons. The number of rotatable bonds is 10. The van der Waals surface area contributed by atoms with E-state index in [1.165, 1.54) is 11.1 Å². The van der Waals surface area contributed by atoms with Crippen LogP contribution in [0.3, 0.4) is 0 Å². The predicted octanol–water partition coefficient (Wildman–Crippen LogP) is 7.24. The molecule has 1 unspecified atom stereocenters. The fraction of sp³-hybridized carbons (Fsp3) is 0.348. The Kier molecular flexibility index (Phi) is 13.2. The Morgan fingerprint density at radius 3 is 2.28 bits per heavy atom. The van der Waals surface area contributed by atoms with Crippen LogP contribution in [-0.2, 0) is 32.9 Å². The van der Waals surface area contributed by atoms with Gasteiger partial charge in [0.2, 0.25) is 17.7 Å². The van der Waals surface area contributed by atoms with E-state index in [0.29, 0.717) is 36.8 Å². The highest BCUT2D eigenvalue weighted by molar-refractivity contribution is 6.01. The summed E-state index contributed by atoms with van der Waals surface area (Å²) in [5, 5.41) is 25.3. The number of carbonyl (C=O) groups excluding carboxylic acids is 3. The second kappa shape index (κ2) is 18.8. The summed E-state index contributed by atoms with van der Waals surface area (Å²) in [6, 6.07) is 24.8. The molecular weight excluding hydrogens is 832 g/mol. The third-order valence-corrected chi connectivity index (χ3v) is 11.2. The summed E-state index contributed by atoms with van der Waals surface area (Å²) in [7, 11) is 0. The zero-order valence-electron chi connectivity index (χ0n) is 35.7. The average Bonchev–Trinajstić information content (AvgIpc) is 3.94. The second-order valence-corrected chi connectivity index (χ2v) is 17.0. The van der Waals surface area contributed by atoms with Crippen molar-refractivity contribution >= 4 is 40.4 Å². The number of anilines is 1.